The molecule has 0 fully saturated rings. The minimum absolute atomic E-state index is 0.0756. The number of carbonyl (C=O) groups excluding carboxylic acids is 3. The molecular weight excluding hydrogens is 367 g/mol. The van der Waals surface area contributed by atoms with E-state index in [2.05, 4.69) is 10.1 Å². The summed E-state index contributed by atoms with van der Waals surface area (Å²) in [5, 5.41) is 2.22. The molecule has 9 heteroatoms. The molecule has 0 bridgehead atoms. The van der Waals surface area contributed by atoms with Crippen molar-refractivity contribution in [2.75, 3.05) is 19.0 Å². The van der Waals surface area contributed by atoms with Gasteiger partial charge in [0.1, 0.15) is 0 Å². The number of methoxy groups -OCH3 is 1. The summed E-state index contributed by atoms with van der Waals surface area (Å²) >= 11 is 0. The summed E-state index contributed by atoms with van der Waals surface area (Å²) in [5.74, 6) is -2.20. The Balaban J connectivity index is 1.92. The highest BCUT2D eigenvalue weighted by molar-refractivity contribution is 5.96. The van der Waals surface area contributed by atoms with E-state index >= 15 is 0 Å². The van der Waals surface area contributed by atoms with Gasteiger partial charge in [-0.05, 0) is 42.5 Å². The molecule has 0 aliphatic rings. The molecule has 2 aromatic carbocycles. The van der Waals surface area contributed by atoms with Crippen molar-refractivity contribution in [3.8, 4) is 0 Å². The van der Waals surface area contributed by atoms with Gasteiger partial charge in [-0.15, -0.1) is 0 Å². The Kier molecular flexibility index (Phi) is 6.17. The van der Waals surface area contributed by atoms with Gasteiger partial charge in [-0.3, -0.25) is 4.79 Å². The number of alkyl halides is 3. The average molecular weight is 381 g/mol. The highest BCUT2D eigenvalue weighted by Gasteiger charge is 2.30. The first kappa shape index (κ1) is 20.0. The van der Waals surface area contributed by atoms with Crippen LogP contribution < -0.4 is 5.32 Å². The van der Waals surface area contributed by atoms with Gasteiger partial charge < -0.3 is 14.8 Å². The van der Waals surface area contributed by atoms with Gasteiger partial charge in [-0.1, -0.05) is 6.07 Å². The lowest BCUT2D eigenvalue weighted by Gasteiger charge is -2.10. The summed E-state index contributed by atoms with van der Waals surface area (Å²) < 4.78 is 47.2. The fourth-order valence-electron chi connectivity index (χ4n) is 2.05. The van der Waals surface area contributed by atoms with E-state index < -0.39 is 36.2 Å². The number of hydrogen-bond acceptors (Lipinski definition) is 5. The van der Waals surface area contributed by atoms with E-state index in [1.165, 1.54) is 37.4 Å². The maximum atomic E-state index is 12.6. The van der Waals surface area contributed by atoms with E-state index in [1.54, 1.807) is 0 Å². The van der Waals surface area contributed by atoms with Crippen LogP contribution in [0.1, 0.15) is 26.3 Å². The van der Waals surface area contributed by atoms with Crippen LogP contribution in [-0.4, -0.2) is 31.6 Å². The normalized spacial score (nSPS) is 10.8. The lowest BCUT2D eigenvalue weighted by atomic mass is 10.1. The van der Waals surface area contributed by atoms with Crippen molar-refractivity contribution >= 4 is 23.5 Å². The van der Waals surface area contributed by atoms with Crippen LogP contribution in [0.2, 0.25) is 0 Å². The minimum atomic E-state index is -4.54. The molecule has 0 aromatic heterocycles. The molecule has 6 nitrogen and oxygen atoms in total. The van der Waals surface area contributed by atoms with Crippen LogP contribution in [0.15, 0.2) is 48.5 Å². The van der Waals surface area contributed by atoms with Gasteiger partial charge in [-0.25, -0.2) is 9.59 Å². The molecule has 0 saturated heterocycles. The molecule has 0 heterocycles. The second kappa shape index (κ2) is 8.35. The molecule has 1 amide bonds. The number of nitrogens with one attached hydrogen (secondary N) is 1. The van der Waals surface area contributed by atoms with Crippen LogP contribution in [-0.2, 0) is 20.4 Å². The van der Waals surface area contributed by atoms with Crippen molar-refractivity contribution in [2.45, 2.75) is 6.18 Å². The van der Waals surface area contributed by atoms with Gasteiger partial charge >= 0.3 is 18.1 Å². The van der Waals surface area contributed by atoms with E-state index in [9.17, 15) is 27.6 Å². The van der Waals surface area contributed by atoms with E-state index in [1.807, 2.05) is 0 Å². The first-order valence-electron chi connectivity index (χ1n) is 7.53. The Morgan fingerprint density at radius 3 is 2.11 bits per heavy atom. The number of carbonyl (C=O) groups is 3. The SMILES string of the molecule is COC(=O)c1ccc(C(=O)OCC(=O)Nc2cccc(C(F)(F)F)c2)cc1. The van der Waals surface area contributed by atoms with Gasteiger partial charge in [0.05, 0.1) is 23.8 Å². The Morgan fingerprint density at radius 1 is 0.963 bits per heavy atom. The first-order valence-corrected chi connectivity index (χ1v) is 7.53. The summed E-state index contributed by atoms with van der Waals surface area (Å²) in [6.45, 7) is -0.687. The molecule has 0 atom stereocenters. The number of rotatable bonds is 5. The maximum Gasteiger partial charge on any atom is 0.416 e. The van der Waals surface area contributed by atoms with Gasteiger partial charge in [0.2, 0.25) is 0 Å². The van der Waals surface area contributed by atoms with Crippen molar-refractivity contribution < 1.29 is 37.0 Å². The summed E-state index contributed by atoms with van der Waals surface area (Å²) in [7, 11) is 1.22. The molecule has 2 aromatic rings. The number of anilines is 1. The zero-order valence-corrected chi connectivity index (χ0v) is 14.0. The number of amides is 1. The van der Waals surface area contributed by atoms with Crippen molar-refractivity contribution in [3.63, 3.8) is 0 Å². The summed E-state index contributed by atoms with van der Waals surface area (Å²) in [6, 6.07) is 9.40. The molecule has 0 saturated carbocycles. The van der Waals surface area contributed by atoms with Gasteiger partial charge in [0.25, 0.3) is 5.91 Å². The Hall–Kier alpha value is -3.36. The van der Waals surface area contributed by atoms with Crippen molar-refractivity contribution in [1.29, 1.82) is 0 Å². The molecule has 1 N–H and O–H groups in total. The zero-order chi connectivity index (χ0) is 20.0. The van der Waals surface area contributed by atoms with Gasteiger partial charge in [-0.2, -0.15) is 13.2 Å². The maximum absolute atomic E-state index is 12.6. The fourth-order valence-corrected chi connectivity index (χ4v) is 2.05. The smallest absolute Gasteiger partial charge is 0.416 e. The number of ether oxygens (including phenoxy) is 2. The van der Waals surface area contributed by atoms with Crippen molar-refractivity contribution in [1.82, 2.24) is 0 Å². The quantitative estimate of drug-likeness (QED) is 0.804. The first-order chi connectivity index (χ1) is 12.7. The Labute approximate surface area is 151 Å². The zero-order valence-electron chi connectivity index (χ0n) is 14.0. The minimum Gasteiger partial charge on any atom is -0.465 e. The molecule has 27 heavy (non-hydrogen) atoms. The van der Waals surface area contributed by atoms with Gasteiger partial charge in [0, 0.05) is 5.69 Å². The Morgan fingerprint density at radius 2 is 1.56 bits per heavy atom. The van der Waals surface area contributed by atoms with Crippen LogP contribution in [0.3, 0.4) is 0 Å². The highest BCUT2D eigenvalue weighted by Crippen LogP contribution is 2.30. The monoisotopic (exact) mass is 381 g/mol. The second-order valence-corrected chi connectivity index (χ2v) is 5.27. The van der Waals surface area contributed by atoms with Crippen LogP contribution in [0, 0.1) is 0 Å². The molecule has 0 aliphatic carbocycles. The molecule has 2 rings (SSSR count). The standard InChI is InChI=1S/C18H14F3NO5/c1-26-16(24)11-5-7-12(8-6-11)17(25)27-10-15(23)22-14-4-2-3-13(9-14)18(19,20)21/h2-9H,10H2,1H3,(H,22,23). The van der Waals surface area contributed by atoms with E-state index in [4.69, 9.17) is 4.74 Å². The summed E-state index contributed by atoms with van der Waals surface area (Å²) in [5.41, 5.74) is -0.665. The third-order valence-electron chi connectivity index (χ3n) is 3.35. The topological polar surface area (TPSA) is 81.7 Å². The molecule has 0 unspecified atom stereocenters. The molecular formula is C18H14F3NO5. The lowest BCUT2D eigenvalue weighted by molar-refractivity contribution is -0.137. The third-order valence-corrected chi connectivity index (χ3v) is 3.35. The number of benzene rings is 2. The third kappa shape index (κ3) is 5.56. The molecule has 0 spiro atoms. The predicted molar refractivity (Wildman–Crippen MR) is 88.1 cm³/mol. The number of esters is 2. The predicted octanol–water partition coefficient (Wildman–Crippen LogP) is 3.29. The van der Waals surface area contributed by atoms with Crippen LogP contribution in [0.5, 0.6) is 0 Å². The molecule has 0 aliphatic heterocycles. The summed E-state index contributed by atoms with van der Waals surface area (Å²) in [4.78, 5) is 34.9. The van der Waals surface area contributed by atoms with E-state index in [0.717, 1.165) is 18.2 Å². The Bertz CT molecular complexity index is 847. The number of halogens is 3. The fraction of sp³-hybridized carbons (Fsp3) is 0.167. The van der Waals surface area contributed by atoms with Crippen LogP contribution >= 0.6 is 0 Å². The van der Waals surface area contributed by atoms with Crippen molar-refractivity contribution in [3.05, 3.63) is 65.2 Å². The van der Waals surface area contributed by atoms with E-state index in [-0.39, 0.29) is 16.8 Å². The largest absolute Gasteiger partial charge is 0.465 e. The average Bonchev–Trinajstić information content (AvgIpc) is 2.65. The lowest BCUT2D eigenvalue weighted by Crippen LogP contribution is -2.21. The van der Waals surface area contributed by atoms with E-state index in [0.29, 0.717) is 0 Å². The van der Waals surface area contributed by atoms with Crippen LogP contribution in [0.4, 0.5) is 18.9 Å². The van der Waals surface area contributed by atoms with Crippen LogP contribution in [0.25, 0.3) is 0 Å². The second-order valence-electron chi connectivity index (χ2n) is 5.27. The highest BCUT2D eigenvalue weighted by atomic mass is 19.4. The molecule has 142 valence electrons. The molecule has 0 radical (unpaired) electrons. The number of hydrogen-bond donors (Lipinski definition) is 1. The van der Waals surface area contributed by atoms with Crippen molar-refractivity contribution in [2.24, 2.45) is 0 Å². The van der Waals surface area contributed by atoms with Gasteiger partial charge in [0.15, 0.2) is 6.61 Å². The summed E-state index contributed by atoms with van der Waals surface area (Å²) in [6.07, 6.45) is -4.54.